The molecule has 1 aliphatic rings. The second-order valence-electron chi connectivity index (χ2n) is 5.67. The lowest BCUT2D eigenvalue weighted by Crippen LogP contribution is -2.42. The number of hydrogen-bond donors (Lipinski definition) is 1. The number of aromatic nitrogens is 4. The van der Waals surface area contributed by atoms with Crippen LogP contribution in [-0.2, 0) is 13.1 Å². The van der Waals surface area contributed by atoms with Crippen LogP contribution in [0.15, 0.2) is 0 Å². The molecule has 0 radical (unpaired) electrons. The molecule has 108 valence electrons. The van der Waals surface area contributed by atoms with Gasteiger partial charge in [0.1, 0.15) is 0 Å². The average molecular weight is 266 g/mol. The number of nitrogens with zero attached hydrogens (tertiary/aromatic N) is 5. The topological polar surface area (TPSA) is 72.9 Å². The first-order chi connectivity index (χ1) is 9.20. The van der Waals surface area contributed by atoms with Crippen molar-refractivity contribution in [1.29, 1.82) is 0 Å². The number of piperidine rings is 1. The van der Waals surface area contributed by atoms with Gasteiger partial charge in [0.05, 0.1) is 6.54 Å². The van der Waals surface area contributed by atoms with Crippen LogP contribution in [0.25, 0.3) is 0 Å². The van der Waals surface area contributed by atoms with Gasteiger partial charge < -0.3 is 5.73 Å². The summed E-state index contributed by atoms with van der Waals surface area (Å²) >= 11 is 0. The number of tetrazole rings is 1. The van der Waals surface area contributed by atoms with E-state index in [1.807, 2.05) is 4.68 Å². The van der Waals surface area contributed by atoms with Gasteiger partial charge in [0, 0.05) is 19.1 Å². The van der Waals surface area contributed by atoms with E-state index in [1.54, 1.807) is 0 Å². The van der Waals surface area contributed by atoms with Crippen LogP contribution >= 0.6 is 0 Å². The van der Waals surface area contributed by atoms with Crippen molar-refractivity contribution in [3.05, 3.63) is 5.82 Å². The van der Waals surface area contributed by atoms with Gasteiger partial charge >= 0.3 is 0 Å². The highest BCUT2D eigenvalue weighted by Gasteiger charge is 2.23. The molecule has 2 N–H and O–H groups in total. The van der Waals surface area contributed by atoms with Crippen molar-refractivity contribution in [3.8, 4) is 0 Å². The van der Waals surface area contributed by atoms with Crippen molar-refractivity contribution in [2.75, 3.05) is 13.1 Å². The van der Waals surface area contributed by atoms with Gasteiger partial charge in [-0.3, -0.25) is 4.90 Å². The zero-order chi connectivity index (χ0) is 13.7. The Hall–Kier alpha value is -1.01. The Morgan fingerprint density at radius 1 is 1.47 bits per heavy atom. The van der Waals surface area contributed by atoms with E-state index in [-0.39, 0.29) is 6.04 Å². The molecule has 0 saturated carbocycles. The smallest absolute Gasteiger partial charge is 0.165 e. The molecule has 0 aromatic carbocycles. The van der Waals surface area contributed by atoms with Gasteiger partial charge in [-0.2, -0.15) is 0 Å². The highest BCUT2D eigenvalue weighted by molar-refractivity contribution is 4.85. The van der Waals surface area contributed by atoms with Crippen LogP contribution in [-0.4, -0.2) is 44.2 Å². The van der Waals surface area contributed by atoms with Gasteiger partial charge in [-0.15, -0.1) is 5.10 Å². The number of likely N-dealkylation sites (tertiary alicyclic amines) is 1. The Labute approximate surface area is 115 Å². The molecule has 1 fully saturated rings. The van der Waals surface area contributed by atoms with Gasteiger partial charge in [0.25, 0.3) is 0 Å². The van der Waals surface area contributed by atoms with Crippen molar-refractivity contribution in [2.24, 2.45) is 11.7 Å². The van der Waals surface area contributed by atoms with Crippen LogP contribution in [0.2, 0.25) is 0 Å². The zero-order valence-corrected chi connectivity index (χ0v) is 12.1. The van der Waals surface area contributed by atoms with Crippen LogP contribution in [0.1, 0.15) is 45.4 Å². The maximum Gasteiger partial charge on any atom is 0.165 e. The predicted octanol–water partition coefficient (Wildman–Crippen LogP) is 1.03. The lowest BCUT2D eigenvalue weighted by Gasteiger charge is -2.34. The Morgan fingerprint density at radius 3 is 3.05 bits per heavy atom. The van der Waals surface area contributed by atoms with E-state index in [9.17, 15) is 0 Å². The monoisotopic (exact) mass is 266 g/mol. The Morgan fingerprint density at radius 2 is 2.32 bits per heavy atom. The third-order valence-electron chi connectivity index (χ3n) is 3.98. The number of rotatable bonds is 6. The van der Waals surface area contributed by atoms with Crippen molar-refractivity contribution in [2.45, 2.75) is 58.7 Å². The lowest BCUT2D eigenvalue weighted by molar-refractivity contribution is 0.149. The van der Waals surface area contributed by atoms with Crippen molar-refractivity contribution in [1.82, 2.24) is 25.1 Å². The van der Waals surface area contributed by atoms with E-state index in [2.05, 4.69) is 34.3 Å². The fraction of sp³-hybridized carbons (Fsp3) is 0.923. The highest BCUT2D eigenvalue weighted by Crippen LogP contribution is 2.19. The first-order valence-corrected chi connectivity index (χ1v) is 7.43. The molecule has 2 heterocycles. The predicted molar refractivity (Wildman–Crippen MR) is 74.4 cm³/mol. The van der Waals surface area contributed by atoms with Gasteiger partial charge in [-0.25, -0.2) is 4.68 Å². The minimum Gasteiger partial charge on any atom is -0.328 e. The van der Waals surface area contributed by atoms with Crippen LogP contribution in [0, 0.1) is 5.92 Å². The van der Waals surface area contributed by atoms with Crippen LogP contribution in [0.5, 0.6) is 0 Å². The second kappa shape index (κ2) is 6.96. The minimum absolute atomic E-state index is 0.277. The summed E-state index contributed by atoms with van der Waals surface area (Å²) in [5.74, 6) is 1.59. The normalized spacial score (nSPS) is 22.6. The molecule has 0 spiro atoms. The van der Waals surface area contributed by atoms with E-state index in [4.69, 9.17) is 5.73 Å². The molecule has 0 bridgehead atoms. The fourth-order valence-corrected chi connectivity index (χ4v) is 2.68. The molecule has 0 aliphatic carbocycles. The molecule has 1 aromatic heterocycles. The van der Waals surface area contributed by atoms with Crippen LogP contribution in [0.3, 0.4) is 0 Å². The van der Waals surface area contributed by atoms with Gasteiger partial charge in [0.2, 0.25) is 0 Å². The summed E-state index contributed by atoms with van der Waals surface area (Å²) in [6.07, 6.45) is 4.76. The third kappa shape index (κ3) is 3.98. The Kier molecular flexibility index (Phi) is 5.27. The van der Waals surface area contributed by atoms with E-state index in [0.29, 0.717) is 5.92 Å². The molecule has 1 saturated heterocycles. The SMILES string of the molecule is CCCCn1nnnc1CN1CCCC(C(C)N)C1. The quantitative estimate of drug-likeness (QED) is 0.832. The average Bonchev–Trinajstić information content (AvgIpc) is 2.84. The van der Waals surface area contributed by atoms with E-state index < -0.39 is 0 Å². The summed E-state index contributed by atoms with van der Waals surface area (Å²) in [6, 6.07) is 0.277. The number of nitrogens with two attached hydrogens (primary N) is 1. The Bertz CT molecular complexity index is 375. The number of unbranched alkanes of at least 4 members (excludes halogenated alkanes) is 1. The van der Waals surface area contributed by atoms with E-state index in [0.717, 1.165) is 44.8 Å². The van der Waals surface area contributed by atoms with Crippen molar-refractivity contribution >= 4 is 0 Å². The third-order valence-corrected chi connectivity index (χ3v) is 3.98. The highest BCUT2D eigenvalue weighted by atomic mass is 15.5. The molecule has 19 heavy (non-hydrogen) atoms. The van der Waals surface area contributed by atoms with Gasteiger partial charge in [0.15, 0.2) is 5.82 Å². The molecule has 2 unspecified atom stereocenters. The van der Waals surface area contributed by atoms with E-state index in [1.165, 1.54) is 12.8 Å². The van der Waals surface area contributed by atoms with Crippen molar-refractivity contribution < 1.29 is 0 Å². The van der Waals surface area contributed by atoms with Crippen molar-refractivity contribution in [3.63, 3.8) is 0 Å². The Balaban J connectivity index is 1.91. The molecule has 1 aliphatic heterocycles. The molecule has 1 aromatic rings. The molecular formula is C13H26N6. The summed E-state index contributed by atoms with van der Waals surface area (Å²) in [4.78, 5) is 2.44. The van der Waals surface area contributed by atoms with Gasteiger partial charge in [-0.05, 0) is 49.1 Å². The molecule has 2 atom stereocenters. The molecular weight excluding hydrogens is 240 g/mol. The lowest BCUT2D eigenvalue weighted by atomic mass is 9.92. The first-order valence-electron chi connectivity index (χ1n) is 7.43. The standard InChI is InChI=1S/C13H26N6/c1-3-4-8-19-13(15-16-17-19)10-18-7-5-6-12(9-18)11(2)14/h11-12H,3-10,14H2,1-2H3. The maximum atomic E-state index is 6.03. The summed E-state index contributed by atoms with van der Waals surface area (Å²) in [5, 5.41) is 12.0. The van der Waals surface area contributed by atoms with Crippen LogP contribution in [0.4, 0.5) is 0 Å². The fourth-order valence-electron chi connectivity index (χ4n) is 2.68. The maximum absolute atomic E-state index is 6.03. The minimum atomic E-state index is 0.277. The second-order valence-corrected chi connectivity index (χ2v) is 5.67. The molecule has 0 amide bonds. The molecule has 6 nitrogen and oxygen atoms in total. The van der Waals surface area contributed by atoms with Crippen LogP contribution < -0.4 is 5.73 Å². The summed E-state index contributed by atoms with van der Waals surface area (Å²) in [5.41, 5.74) is 6.03. The summed E-state index contributed by atoms with van der Waals surface area (Å²) in [7, 11) is 0. The molecule has 2 rings (SSSR count). The summed E-state index contributed by atoms with van der Waals surface area (Å²) in [6.45, 7) is 8.26. The number of hydrogen-bond acceptors (Lipinski definition) is 5. The first kappa shape index (κ1) is 14.4. The molecule has 6 heteroatoms. The van der Waals surface area contributed by atoms with E-state index >= 15 is 0 Å². The summed E-state index contributed by atoms with van der Waals surface area (Å²) < 4.78 is 1.94. The zero-order valence-electron chi connectivity index (χ0n) is 12.1. The largest absolute Gasteiger partial charge is 0.328 e. The van der Waals surface area contributed by atoms with Gasteiger partial charge in [-0.1, -0.05) is 13.3 Å². The number of aryl methyl sites for hydroxylation is 1.